The summed E-state index contributed by atoms with van der Waals surface area (Å²) in [6.07, 6.45) is -3.71. The second kappa shape index (κ2) is 27.9. The molecular weight excluding hydrogens is 1040 g/mol. The Bertz CT molecular complexity index is 2760. The van der Waals surface area contributed by atoms with Crippen molar-refractivity contribution in [1.29, 1.82) is 0 Å². The van der Waals surface area contributed by atoms with E-state index in [0.29, 0.717) is 57.1 Å². The number of nitrogen functional groups attached to an aromatic ring is 1. The maximum absolute atomic E-state index is 14.0. The number of Topliss-reactive ketones (excluding diaryl/α,β-unsaturated/α-hetero) is 2. The van der Waals surface area contributed by atoms with Crippen molar-refractivity contribution in [3.63, 3.8) is 0 Å². The van der Waals surface area contributed by atoms with Gasteiger partial charge in [0.25, 0.3) is 0 Å². The monoisotopic (exact) mass is 1110 g/mol. The summed E-state index contributed by atoms with van der Waals surface area (Å²) >= 11 is 7.91. The first-order valence-electron chi connectivity index (χ1n) is 25.7. The maximum atomic E-state index is 14.0. The van der Waals surface area contributed by atoms with Gasteiger partial charge in [-0.25, -0.2) is 15.0 Å². The highest BCUT2D eigenvalue weighted by Gasteiger charge is 2.48. The van der Waals surface area contributed by atoms with Gasteiger partial charge < -0.3 is 69.4 Å². The molecule has 3 aromatic heterocycles. The van der Waals surface area contributed by atoms with Crippen LogP contribution in [0.25, 0.3) is 21.5 Å². The van der Waals surface area contributed by atoms with Crippen LogP contribution in [0.5, 0.6) is 5.75 Å². The molecule has 0 spiro atoms. The number of carbonyl (C=O) groups excluding carboxylic acids is 4. The first kappa shape index (κ1) is 59.2. The van der Waals surface area contributed by atoms with E-state index in [-0.39, 0.29) is 104 Å². The number of thiazole rings is 1. The molecule has 0 unspecified atom stereocenters. The quantitative estimate of drug-likeness (QED) is 0.0359. The number of nitrogens with two attached hydrogens (primary N) is 1. The predicted octanol–water partition coefficient (Wildman–Crippen LogP) is 4.54. The Labute approximate surface area is 455 Å². The van der Waals surface area contributed by atoms with Crippen molar-refractivity contribution in [2.75, 3.05) is 71.7 Å². The number of nitrogens with zero attached hydrogens (tertiary/aromatic N) is 5. The largest absolute Gasteiger partial charge is 0.484 e. The molecule has 7 N–H and O–H groups in total. The number of carbonyl (C=O) groups is 4. The number of nitrogens with one attached hydrogen (secondary N) is 1. The molecule has 2 aliphatic rings. The fourth-order valence-corrected chi connectivity index (χ4v) is 10.2. The van der Waals surface area contributed by atoms with Crippen molar-refractivity contribution in [3.8, 4) is 16.2 Å². The van der Waals surface area contributed by atoms with E-state index >= 15 is 0 Å². The molecule has 0 saturated carbocycles. The number of anilines is 1. The van der Waals surface area contributed by atoms with Crippen LogP contribution in [0.4, 0.5) is 5.82 Å². The van der Waals surface area contributed by atoms with E-state index in [4.69, 9.17) is 45.8 Å². The van der Waals surface area contributed by atoms with Crippen molar-refractivity contribution in [2.24, 2.45) is 11.3 Å². The molecule has 2 fully saturated rings. The van der Waals surface area contributed by atoms with E-state index < -0.39 is 54.1 Å². The second-order valence-electron chi connectivity index (χ2n) is 20.2. The van der Waals surface area contributed by atoms with Gasteiger partial charge in [0.15, 0.2) is 12.0 Å². The lowest BCUT2D eigenvalue weighted by molar-refractivity contribution is -0.146. The van der Waals surface area contributed by atoms with Crippen LogP contribution in [0, 0.1) is 18.3 Å². The summed E-state index contributed by atoms with van der Waals surface area (Å²) in [5.41, 5.74) is 10.7. The van der Waals surface area contributed by atoms with Crippen LogP contribution in [0.2, 0.25) is 5.02 Å². The van der Waals surface area contributed by atoms with E-state index in [1.807, 2.05) is 57.5 Å². The van der Waals surface area contributed by atoms with E-state index in [1.54, 1.807) is 23.6 Å². The number of hydrogen-bond donors (Lipinski definition) is 6. The number of halogens is 1. The molecule has 0 bridgehead atoms. The Morgan fingerprint density at radius 2 is 1.57 bits per heavy atom. The number of β-amino-alcohol motifs (C(OH)–C–C–N with tert-alkyl or cyclic N) is 1. The number of benzene rings is 2. The number of fused-ring (bicyclic) bond motifs is 1. The van der Waals surface area contributed by atoms with Crippen LogP contribution in [0.1, 0.15) is 82.0 Å². The van der Waals surface area contributed by atoms with E-state index in [0.717, 1.165) is 21.7 Å². The molecule has 0 radical (unpaired) electrons. The van der Waals surface area contributed by atoms with Gasteiger partial charge in [-0.05, 0) is 53.6 Å². The van der Waals surface area contributed by atoms with Crippen LogP contribution in [0.15, 0.2) is 66.6 Å². The lowest BCUT2D eigenvalue weighted by Crippen LogP contribution is -2.50. The Morgan fingerprint density at radius 1 is 0.883 bits per heavy atom. The Balaban J connectivity index is 0.704. The fraction of sp³-hybridized carbons (Fsp3) is 0.537. The SMILES string of the molecule is Cc1ncsc1-c1ccc(CNC(=O)[C@@H]2C[C@@H](O)CN2C(=O)[C@@H](CC(=O)CCOCCOCCOCCOCCCC(=O)COc2cc([C@@H](O)[C@H]3O[C@@H](n4ccc5c(N)ncnc54)[C@H](O)[C@@H]3O)ccc2Cl)C(C)(C)C)cc1. The van der Waals surface area contributed by atoms with Gasteiger partial charge in [0.05, 0.1) is 78.8 Å². The van der Waals surface area contributed by atoms with E-state index in [1.165, 1.54) is 34.0 Å². The molecule has 0 aliphatic carbocycles. The summed E-state index contributed by atoms with van der Waals surface area (Å²) in [5.74, 6) is -1.34. The molecule has 2 saturated heterocycles. The third-order valence-electron chi connectivity index (χ3n) is 13.5. The molecule has 7 rings (SSSR count). The topological polar surface area (TPSA) is 289 Å². The van der Waals surface area contributed by atoms with Gasteiger partial charge >= 0.3 is 0 Å². The van der Waals surface area contributed by atoms with Crippen LogP contribution >= 0.6 is 22.9 Å². The summed E-state index contributed by atoms with van der Waals surface area (Å²) < 4.78 is 35.5. The summed E-state index contributed by atoms with van der Waals surface area (Å²) in [5, 5.41) is 47.2. The van der Waals surface area contributed by atoms with Crippen LogP contribution in [0.3, 0.4) is 0 Å². The number of aryl methyl sites for hydroxylation is 1. The summed E-state index contributed by atoms with van der Waals surface area (Å²) in [6.45, 7) is 9.95. The molecule has 2 aliphatic heterocycles. The number of amides is 2. The average molecular weight is 1110 g/mol. The predicted molar refractivity (Wildman–Crippen MR) is 285 cm³/mol. The fourth-order valence-electron chi connectivity index (χ4n) is 9.19. The van der Waals surface area contributed by atoms with Gasteiger partial charge in [-0.3, -0.25) is 19.2 Å². The number of ketones is 2. The van der Waals surface area contributed by atoms with Gasteiger partial charge in [-0.2, -0.15) is 0 Å². The molecule has 8 atom stereocenters. The van der Waals surface area contributed by atoms with Crippen molar-refractivity contribution < 1.29 is 68.0 Å². The number of aliphatic hydroxyl groups is 4. The minimum absolute atomic E-state index is 0.0151. The summed E-state index contributed by atoms with van der Waals surface area (Å²) in [4.78, 5) is 68.2. The normalized spacial score (nSPS) is 20.4. The Kier molecular flexibility index (Phi) is 21.4. The smallest absolute Gasteiger partial charge is 0.243 e. The molecule has 2 aromatic carbocycles. The zero-order chi connectivity index (χ0) is 55.2. The first-order chi connectivity index (χ1) is 36.9. The number of hydrogen-bond acceptors (Lipinski definition) is 19. The molecule has 5 heterocycles. The maximum Gasteiger partial charge on any atom is 0.243 e. The van der Waals surface area contributed by atoms with E-state index in [2.05, 4.69) is 20.3 Å². The first-order valence-corrected chi connectivity index (χ1v) is 27.0. The third-order valence-corrected chi connectivity index (χ3v) is 14.8. The third kappa shape index (κ3) is 15.8. The zero-order valence-electron chi connectivity index (χ0n) is 43.8. The number of ether oxygens (including phenoxy) is 6. The summed E-state index contributed by atoms with van der Waals surface area (Å²) in [6, 6.07) is 13.2. The molecule has 2 amide bonds. The standard InChI is InChI=1S/C54H70ClN7O14S/c1-32-48(77-31-60-32)34-9-7-33(8-10-34)27-57-51(69)42-26-38(65)28-62(42)52(70)40(54(2,3)4)25-36(63)14-17-72-19-21-74-23-22-73-20-18-71-16-5-6-37(64)29-75-43-24-35(11-12-41(43)55)44(66)47-45(67)46(68)53(76-47)61-15-13-39-49(56)58-30-59-50(39)61/h7-13,15,24,30-31,38,40,42,44-47,53,65-68H,5-6,14,16-23,25-29H2,1-4H3,(H,57,69)(H2,56,58,59)/t38-,40-,42+,44-,45+,46-,47-,53-/m1/s1. The van der Waals surface area contributed by atoms with Gasteiger partial charge in [0.1, 0.15) is 66.4 Å². The van der Waals surface area contributed by atoms with Crippen LogP contribution < -0.4 is 15.8 Å². The highest BCUT2D eigenvalue weighted by Crippen LogP contribution is 2.40. The molecule has 418 valence electrons. The van der Waals surface area contributed by atoms with Crippen LogP contribution in [-0.4, -0.2) is 165 Å². The molecule has 77 heavy (non-hydrogen) atoms. The number of aromatic nitrogens is 4. The minimum Gasteiger partial charge on any atom is -0.484 e. The molecular formula is C54H70ClN7O14S. The van der Waals surface area contributed by atoms with Crippen molar-refractivity contribution in [1.82, 2.24) is 29.7 Å². The molecule has 5 aromatic rings. The zero-order valence-corrected chi connectivity index (χ0v) is 45.3. The van der Waals surface area contributed by atoms with Crippen LogP contribution in [-0.2, 0) is 49.4 Å². The number of rotatable bonds is 29. The average Bonchev–Trinajstić information content (AvgIpc) is 4.28. The summed E-state index contributed by atoms with van der Waals surface area (Å²) in [7, 11) is 0. The molecule has 23 heteroatoms. The van der Waals surface area contributed by atoms with Gasteiger partial charge in [0.2, 0.25) is 11.8 Å². The van der Waals surface area contributed by atoms with Crippen molar-refractivity contribution in [3.05, 3.63) is 88.4 Å². The van der Waals surface area contributed by atoms with Gasteiger partial charge in [0, 0.05) is 57.5 Å². The lowest BCUT2D eigenvalue weighted by atomic mass is 9.76. The second-order valence-corrected chi connectivity index (χ2v) is 21.5. The van der Waals surface area contributed by atoms with E-state index in [9.17, 15) is 39.6 Å². The van der Waals surface area contributed by atoms with Gasteiger partial charge in [-0.1, -0.05) is 62.7 Å². The minimum atomic E-state index is -1.46. The van der Waals surface area contributed by atoms with Gasteiger partial charge in [-0.15, -0.1) is 11.3 Å². The number of likely N-dealkylation sites (tertiary alicyclic amines) is 1. The Morgan fingerprint density at radius 3 is 2.25 bits per heavy atom. The lowest BCUT2D eigenvalue weighted by Gasteiger charge is -2.34. The Hall–Kier alpha value is -5.50. The molecule has 21 nitrogen and oxygen atoms in total. The highest BCUT2D eigenvalue weighted by atomic mass is 35.5. The highest BCUT2D eigenvalue weighted by molar-refractivity contribution is 7.13. The van der Waals surface area contributed by atoms with Crippen molar-refractivity contribution in [2.45, 2.75) is 109 Å². The number of aliphatic hydroxyl groups excluding tert-OH is 4. The van der Waals surface area contributed by atoms with Crippen molar-refractivity contribution >= 4 is 63.2 Å².